The van der Waals surface area contributed by atoms with Gasteiger partial charge in [-0.05, 0) is 66.8 Å². The Morgan fingerprint density at radius 1 is 1.24 bits per heavy atom. The van der Waals surface area contributed by atoms with Crippen molar-refractivity contribution in [2.45, 2.75) is 63.8 Å². The summed E-state index contributed by atoms with van der Waals surface area (Å²) in [4.78, 5) is 31.5. The lowest BCUT2D eigenvalue weighted by Gasteiger charge is -2.35. The molecular formula is C30H37ClN4O5S2. The molecule has 0 saturated carbocycles. The molecule has 1 saturated heterocycles. The smallest absolute Gasteiger partial charge is 0.302 e. The van der Waals surface area contributed by atoms with Crippen molar-refractivity contribution in [2.75, 3.05) is 31.6 Å². The maximum absolute atomic E-state index is 14.0. The first-order chi connectivity index (χ1) is 19.9. The van der Waals surface area contributed by atoms with E-state index in [4.69, 9.17) is 16.3 Å². The van der Waals surface area contributed by atoms with Crippen LogP contribution in [0, 0.1) is 11.3 Å². The summed E-state index contributed by atoms with van der Waals surface area (Å²) in [5, 5.41) is 4.32. The van der Waals surface area contributed by atoms with Crippen LogP contribution >= 0.6 is 22.9 Å². The van der Waals surface area contributed by atoms with E-state index in [-0.39, 0.29) is 28.6 Å². The van der Waals surface area contributed by atoms with Crippen LogP contribution in [0.5, 0.6) is 0 Å². The molecule has 3 aromatic rings. The van der Waals surface area contributed by atoms with Gasteiger partial charge in [-0.2, -0.15) is 4.72 Å². The summed E-state index contributed by atoms with van der Waals surface area (Å²) >= 11 is 7.87. The van der Waals surface area contributed by atoms with Gasteiger partial charge in [-0.15, -0.1) is 11.3 Å². The fourth-order valence-electron chi connectivity index (χ4n) is 5.74. The van der Waals surface area contributed by atoms with Crippen LogP contribution in [-0.2, 0) is 37.2 Å². The second-order valence-electron chi connectivity index (χ2n) is 12.0. The minimum Gasteiger partial charge on any atom is -0.466 e. The number of likely N-dealkylation sites (tertiary alicyclic amines) is 1. The fourth-order valence-corrected chi connectivity index (χ4v) is 8.50. The lowest BCUT2D eigenvalue weighted by atomic mass is 9.82. The number of amides is 1. The van der Waals surface area contributed by atoms with E-state index in [1.54, 1.807) is 11.0 Å². The van der Waals surface area contributed by atoms with Gasteiger partial charge in [-0.1, -0.05) is 37.6 Å². The summed E-state index contributed by atoms with van der Waals surface area (Å²) in [7, 11) is -4.14. The fraction of sp³-hybridized carbons (Fsp3) is 0.500. The summed E-state index contributed by atoms with van der Waals surface area (Å²) in [5.74, 6) is -0.241. The van der Waals surface area contributed by atoms with E-state index < -0.39 is 16.1 Å². The predicted molar refractivity (Wildman–Crippen MR) is 165 cm³/mol. The SMILES string of the molecule is CC(=O)OCCC1CCN(C(=O)C(Cc2nc3ccccc3s2)NS(=O)(=O)c2cc(Cl)cc3c2NCC(C)(C)C3)CC1. The van der Waals surface area contributed by atoms with Crippen molar-refractivity contribution >= 4 is 60.7 Å². The van der Waals surface area contributed by atoms with E-state index in [9.17, 15) is 18.0 Å². The van der Waals surface area contributed by atoms with Crippen molar-refractivity contribution in [3.63, 3.8) is 0 Å². The molecule has 5 rings (SSSR count). The number of hydrogen-bond donors (Lipinski definition) is 2. The lowest BCUT2D eigenvalue weighted by molar-refractivity contribution is -0.141. The van der Waals surface area contributed by atoms with Gasteiger partial charge in [0, 0.05) is 38.0 Å². The number of esters is 1. The average molecular weight is 633 g/mol. The molecule has 9 nitrogen and oxygen atoms in total. The molecule has 1 amide bonds. The van der Waals surface area contributed by atoms with Crippen LogP contribution in [0.3, 0.4) is 0 Å². The second kappa shape index (κ2) is 12.5. The average Bonchev–Trinajstić information content (AvgIpc) is 3.33. The first-order valence-electron chi connectivity index (χ1n) is 14.3. The van der Waals surface area contributed by atoms with Crippen molar-refractivity contribution in [1.29, 1.82) is 0 Å². The molecule has 0 aliphatic carbocycles. The third kappa shape index (κ3) is 7.24. The number of rotatable bonds is 9. The number of piperidine rings is 1. The van der Waals surface area contributed by atoms with Gasteiger partial charge in [0.2, 0.25) is 15.9 Å². The van der Waals surface area contributed by atoms with Crippen LogP contribution in [0.15, 0.2) is 41.3 Å². The zero-order valence-corrected chi connectivity index (χ0v) is 26.5. The van der Waals surface area contributed by atoms with E-state index in [1.165, 1.54) is 24.3 Å². The number of nitrogens with zero attached hydrogens (tertiary/aromatic N) is 2. The van der Waals surface area contributed by atoms with Crippen LogP contribution in [0.1, 0.15) is 50.6 Å². The Morgan fingerprint density at radius 3 is 2.69 bits per heavy atom. The Labute approximate surface area is 256 Å². The zero-order valence-electron chi connectivity index (χ0n) is 24.1. The van der Waals surface area contributed by atoms with E-state index in [0.29, 0.717) is 54.3 Å². The van der Waals surface area contributed by atoms with Crippen molar-refractivity contribution in [1.82, 2.24) is 14.6 Å². The molecule has 0 spiro atoms. The molecule has 0 bridgehead atoms. The molecule has 12 heteroatoms. The number of thiazole rings is 1. The zero-order chi connectivity index (χ0) is 30.1. The largest absolute Gasteiger partial charge is 0.466 e. The number of aromatic nitrogens is 1. The normalized spacial score (nSPS) is 17.9. The highest BCUT2D eigenvalue weighted by Crippen LogP contribution is 2.38. The van der Waals surface area contributed by atoms with Gasteiger partial charge in [0.1, 0.15) is 10.9 Å². The maximum Gasteiger partial charge on any atom is 0.302 e. The Bertz CT molecular complexity index is 1550. The van der Waals surface area contributed by atoms with Gasteiger partial charge in [0.25, 0.3) is 0 Å². The number of ether oxygens (including phenoxy) is 1. The molecule has 2 N–H and O–H groups in total. The highest BCUT2D eigenvalue weighted by molar-refractivity contribution is 7.89. The summed E-state index contributed by atoms with van der Waals surface area (Å²) in [6.45, 7) is 7.61. The molecule has 1 aromatic heterocycles. The van der Waals surface area contributed by atoms with Gasteiger partial charge >= 0.3 is 5.97 Å². The second-order valence-corrected chi connectivity index (χ2v) is 15.2. The topological polar surface area (TPSA) is 118 Å². The molecule has 2 aliphatic rings. The first-order valence-corrected chi connectivity index (χ1v) is 16.9. The van der Waals surface area contributed by atoms with Crippen molar-refractivity contribution < 1.29 is 22.7 Å². The summed E-state index contributed by atoms with van der Waals surface area (Å²) < 4.78 is 36.7. The molecule has 1 unspecified atom stereocenters. The van der Waals surface area contributed by atoms with Crippen LogP contribution < -0.4 is 10.0 Å². The maximum atomic E-state index is 14.0. The van der Waals surface area contributed by atoms with Gasteiger partial charge in [-0.25, -0.2) is 13.4 Å². The van der Waals surface area contributed by atoms with Crippen LogP contribution in [0.25, 0.3) is 10.2 Å². The van der Waals surface area contributed by atoms with Crippen LogP contribution in [0.4, 0.5) is 5.69 Å². The van der Waals surface area contributed by atoms with Crippen molar-refractivity contribution in [3.8, 4) is 0 Å². The van der Waals surface area contributed by atoms with Crippen molar-refractivity contribution in [3.05, 3.63) is 52.0 Å². The van der Waals surface area contributed by atoms with Crippen molar-refractivity contribution in [2.24, 2.45) is 11.3 Å². The standard InChI is InChI=1S/C30H37ClN4O5S2/c1-19(36)40-13-10-20-8-11-35(12-9-20)29(37)24(16-27-33-23-6-4-5-7-25(23)41-27)34-42(38,39)26-15-22(31)14-21-17-30(2,3)18-32-28(21)26/h4-7,14-15,20,24,32,34H,8-13,16-18H2,1-3H3. The predicted octanol–water partition coefficient (Wildman–Crippen LogP) is 5.03. The first kappa shape index (κ1) is 30.7. The molecule has 42 heavy (non-hydrogen) atoms. The van der Waals surface area contributed by atoms with Gasteiger partial charge < -0.3 is 15.0 Å². The number of carbonyl (C=O) groups is 2. The lowest BCUT2D eigenvalue weighted by Crippen LogP contribution is -2.51. The number of anilines is 1. The Hall–Kier alpha value is -2.73. The Balaban J connectivity index is 1.39. The Morgan fingerprint density at radius 2 is 1.98 bits per heavy atom. The third-order valence-electron chi connectivity index (χ3n) is 7.92. The van der Waals surface area contributed by atoms with Gasteiger partial charge in [-0.3, -0.25) is 9.59 Å². The molecule has 3 heterocycles. The van der Waals surface area contributed by atoms with E-state index in [2.05, 4.69) is 28.9 Å². The minimum absolute atomic E-state index is 0.0479. The number of fused-ring (bicyclic) bond motifs is 2. The highest BCUT2D eigenvalue weighted by atomic mass is 35.5. The van der Waals surface area contributed by atoms with E-state index in [1.807, 2.05) is 24.3 Å². The number of nitrogens with one attached hydrogen (secondary N) is 2. The Kier molecular flexibility index (Phi) is 9.13. The van der Waals surface area contributed by atoms with Gasteiger partial charge in [0.05, 0.1) is 27.5 Å². The number of halogens is 1. The quantitative estimate of drug-likeness (QED) is 0.318. The molecule has 1 fully saturated rings. The third-order valence-corrected chi connectivity index (χ3v) is 10.7. The highest BCUT2D eigenvalue weighted by Gasteiger charge is 2.35. The van der Waals surface area contributed by atoms with Crippen LogP contribution in [-0.4, -0.2) is 62.5 Å². The molecular weight excluding hydrogens is 596 g/mol. The monoisotopic (exact) mass is 632 g/mol. The summed E-state index contributed by atoms with van der Waals surface area (Å²) in [6, 6.07) is 9.91. The molecule has 0 radical (unpaired) electrons. The molecule has 1 atom stereocenters. The van der Waals surface area contributed by atoms with Gasteiger partial charge in [0.15, 0.2) is 0 Å². The van der Waals surface area contributed by atoms with Crippen LogP contribution in [0.2, 0.25) is 5.02 Å². The van der Waals surface area contributed by atoms with E-state index >= 15 is 0 Å². The number of hydrogen-bond acceptors (Lipinski definition) is 8. The summed E-state index contributed by atoms with van der Waals surface area (Å²) in [5.41, 5.74) is 2.13. The van der Waals surface area contributed by atoms with E-state index in [0.717, 1.165) is 35.0 Å². The molecule has 2 aliphatic heterocycles. The minimum atomic E-state index is -4.14. The number of benzene rings is 2. The number of para-hydroxylation sites is 1. The molecule has 2 aromatic carbocycles. The number of carbonyl (C=O) groups excluding carboxylic acids is 2. The number of sulfonamides is 1. The summed E-state index contributed by atoms with van der Waals surface area (Å²) in [6.07, 6.45) is 3.07. The molecule has 226 valence electrons.